The Labute approximate surface area is 84.8 Å². The van der Waals surface area contributed by atoms with E-state index in [2.05, 4.69) is 27.4 Å². The monoisotopic (exact) mass is 209 g/mol. The lowest BCUT2D eigenvalue weighted by molar-refractivity contribution is -0.299. The summed E-state index contributed by atoms with van der Waals surface area (Å²) in [7, 11) is 0. The molecule has 1 aromatic rings. The summed E-state index contributed by atoms with van der Waals surface area (Å²) in [5.41, 5.74) is 4.38. The summed E-state index contributed by atoms with van der Waals surface area (Å²) in [6, 6.07) is 1.30. The zero-order chi connectivity index (χ0) is 11.4. The summed E-state index contributed by atoms with van der Waals surface area (Å²) in [5, 5.41) is 10.2. The van der Waals surface area contributed by atoms with Gasteiger partial charge < -0.3 is 9.90 Å². The van der Waals surface area contributed by atoms with E-state index < -0.39 is 5.97 Å². The van der Waals surface area contributed by atoms with Crippen molar-refractivity contribution >= 4 is 11.9 Å². The number of nitrogens with one attached hydrogen (secondary N) is 3. The summed E-state index contributed by atoms with van der Waals surface area (Å²) in [4.78, 5) is 27.5. The molecule has 15 heavy (non-hydrogen) atoms. The van der Waals surface area contributed by atoms with E-state index in [1.54, 1.807) is 6.92 Å². The highest BCUT2D eigenvalue weighted by Crippen LogP contribution is 1.93. The maximum absolute atomic E-state index is 11.0. The van der Waals surface area contributed by atoms with Crippen molar-refractivity contribution in [1.29, 1.82) is 0 Å². The van der Waals surface area contributed by atoms with E-state index in [0.29, 0.717) is 5.69 Å². The van der Waals surface area contributed by atoms with Crippen LogP contribution in [0.2, 0.25) is 0 Å². The molecule has 0 aliphatic heterocycles. The van der Waals surface area contributed by atoms with Crippen LogP contribution in [0.1, 0.15) is 5.69 Å². The molecule has 1 aromatic heterocycles. The molecule has 0 radical (unpaired) electrons. The van der Waals surface area contributed by atoms with E-state index in [9.17, 15) is 14.7 Å². The van der Waals surface area contributed by atoms with Crippen molar-refractivity contribution in [1.82, 2.24) is 15.4 Å². The maximum atomic E-state index is 11.0. The van der Waals surface area contributed by atoms with Gasteiger partial charge >= 0.3 is 0 Å². The number of aryl methyl sites for hydroxylation is 1. The summed E-state index contributed by atoms with van der Waals surface area (Å²) in [5.74, 6) is -1.35. The normalized spacial score (nSPS) is 9.40. The molecule has 7 nitrogen and oxygen atoms in total. The molecule has 0 amide bonds. The molecule has 0 aromatic carbocycles. The van der Waals surface area contributed by atoms with Crippen molar-refractivity contribution in [3.8, 4) is 0 Å². The number of carbonyl (C=O) groups is 1. The van der Waals surface area contributed by atoms with Crippen molar-refractivity contribution in [3.05, 3.63) is 34.4 Å². The van der Waals surface area contributed by atoms with Crippen molar-refractivity contribution in [2.24, 2.45) is 0 Å². The minimum atomic E-state index is -1.45. The molecule has 7 heteroatoms. The largest absolute Gasteiger partial charge is 0.543 e. The smallest absolute Gasteiger partial charge is 0.252 e. The van der Waals surface area contributed by atoms with Gasteiger partial charge in [-0.15, -0.1) is 0 Å². The number of carbonyl (C=O) groups excluding carboxylic acids is 1. The Hall–Kier alpha value is -2.31. The van der Waals surface area contributed by atoms with Crippen molar-refractivity contribution in [2.75, 3.05) is 5.43 Å². The Kier molecular flexibility index (Phi) is 3.06. The van der Waals surface area contributed by atoms with Gasteiger partial charge in [0, 0.05) is 11.8 Å². The fraction of sp³-hybridized carbons (Fsp3) is 0.125. The predicted molar refractivity (Wildman–Crippen MR) is 50.5 cm³/mol. The first-order valence-electron chi connectivity index (χ1n) is 3.99. The zero-order valence-corrected chi connectivity index (χ0v) is 7.96. The van der Waals surface area contributed by atoms with Crippen molar-refractivity contribution < 1.29 is 9.90 Å². The molecule has 0 bridgehead atoms. The van der Waals surface area contributed by atoms with Crippen LogP contribution in [0.15, 0.2) is 23.1 Å². The van der Waals surface area contributed by atoms with E-state index in [1.807, 2.05) is 0 Å². The molecule has 0 aliphatic carbocycles. The average Bonchev–Trinajstić information content (AvgIpc) is 2.12. The molecular weight excluding hydrogens is 200 g/mol. The Morgan fingerprint density at radius 3 is 2.87 bits per heavy atom. The van der Waals surface area contributed by atoms with Gasteiger partial charge in [-0.2, -0.15) is 0 Å². The number of hydrogen-bond donors (Lipinski definition) is 3. The molecule has 3 N–H and O–H groups in total. The maximum Gasteiger partial charge on any atom is 0.252 e. The van der Waals surface area contributed by atoms with Crippen LogP contribution in [0.5, 0.6) is 0 Å². The summed E-state index contributed by atoms with van der Waals surface area (Å²) >= 11 is 0. The zero-order valence-electron chi connectivity index (χ0n) is 7.96. The minimum absolute atomic E-state index is 0.0994. The number of anilines is 1. The number of H-pyrrole nitrogens is 1. The number of aromatic nitrogens is 2. The Balaban J connectivity index is 2.70. The Morgan fingerprint density at radius 1 is 1.67 bits per heavy atom. The SMILES string of the molecule is C=C(NNc1nc(C)cc(=O)[nH]1)C(=O)[O-]. The molecule has 1 heterocycles. The molecule has 80 valence electrons. The topological polar surface area (TPSA) is 110 Å². The van der Waals surface area contributed by atoms with Crippen LogP contribution in [0.3, 0.4) is 0 Å². The van der Waals surface area contributed by atoms with E-state index >= 15 is 0 Å². The van der Waals surface area contributed by atoms with Crippen LogP contribution in [0.4, 0.5) is 5.95 Å². The number of aliphatic carboxylic acids is 1. The first-order chi connectivity index (χ1) is 6.99. The lowest BCUT2D eigenvalue weighted by Gasteiger charge is -2.11. The van der Waals surface area contributed by atoms with Crippen LogP contribution < -0.4 is 21.5 Å². The molecule has 1 rings (SSSR count). The molecule has 0 spiro atoms. The second-order valence-corrected chi connectivity index (χ2v) is 2.75. The second-order valence-electron chi connectivity index (χ2n) is 2.75. The molecule has 0 aliphatic rings. The van der Waals surface area contributed by atoms with Gasteiger partial charge in [-0.05, 0) is 6.92 Å². The van der Waals surface area contributed by atoms with Gasteiger partial charge in [0.2, 0.25) is 5.95 Å². The molecule has 0 atom stereocenters. The Bertz CT molecular complexity index is 451. The predicted octanol–water partition coefficient (Wildman–Crippen LogP) is -1.74. The third kappa shape index (κ3) is 3.14. The molecule has 0 unspecified atom stereocenters. The van der Waals surface area contributed by atoms with E-state index in [1.165, 1.54) is 6.07 Å². The van der Waals surface area contributed by atoms with Crippen molar-refractivity contribution in [3.63, 3.8) is 0 Å². The highest BCUT2D eigenvalue weighted by atomic mass is 16.4. The van der Waals surface area contributed by atoms with Gasteiger partial charge in [0.1, 0.15) is 0 Å². The fourth-order valence-corrected chi connectivity index (χ4v) is 0.824. The standard InChI is InChI=1S/C8H10N4O3/c1-4-3-6(13)10-8(9-4)12-11-5(2)7(14)15/h3,11H,2H2,1H3,(H,14,15)(H2,9,10,12,13)/p-1. The van der Waals surface area contributed by atoms with Gasteiger partial charge in [0.05, 0.1) is 11.7 Å². The number of aromatic amines is 1. The van der Waals surface area contributed by atoms with Gasteiger partial charge in [-0.3, -0.25) is 20.6 Å². The number of carboxylic acid groups (broad SMARTS) is 1. The van der Waals surface area contributed by atoms with Gasteiger partial charge in [-0.25, -0.2) is 4.98 Å². The third-order valence-corrected chi connectivity index (χ3v) is 1.45. The molecule has 0 fully saturated rings. The fourth-order valence-electron chi connectivity index (χ4n) is 0.824. The van der Waals surface area contributed by atoms with E-state index in [-0.39, 0.29) is 17.2 Å². The minimum Gasteiger partial charge on any atom is -0.543 e. The third-order valence-electron chi connectivity index (χ3n) is 1.45. The van der Waals surface area contributed by atoms with Gasteiger partial charge in [0.15, 0.2) is 0 Å². The first kappa shape index (κ1) is 10.8. The van der Waals surface area contributed by atoms with Crippen LogP contribution in [-0.4, -0.2) is 15.9 Å². The molecule has 0 saturated carbocycles. The van der Waals surface area contributed by atoms with E-state index in [4.69, 9.17) is 0 Å². The van der Waals surface area contributed by atoms with Gasteiger partial charge in [-0.1, -0.05) is 6.58 Å². The number of nitrogens with zero attached hydrogens (tertiary/aromatic N) is 1. The highest BCUT2D eigenvalue weighted by molar-refractivity contribution is 5.83. The average molecular weight is 209 g/mol. The number of carboxylic acids is 1. The van der Waals surface area contributed by atoms with Crippen LogP contribution in [0.25, 0.3) is 0 Å². The van der Waals surface area contributed by atoms with Crippen molar-refractivity contribution in [2.45, 2.75) is 6.92 Å². The summed E-state index contributed by atoms with van der Waals surface area (Å²) < 4.78 is 0. The summed E-state index contributed by atoms with van der Waals surface area (Å²) in [6.07, 6.45) is 0. The quantitative estimate of drug-likeness (QED) is 0.401. The lowest BCUT2D eigenvalue weighted by atomic mass is 10.4. The van der Waals surface area contributed by atoms with Crippen LogP contribution in [0, 0.1) is 6.92 Å². The van der Waals surface area contributed by atoms with Crippen LogP contribution in [-0.2, 0) is 4.79 Å². The number of hydrazine groups is 1. The molecular formula is C8H9N4O3-. The highest BCUT2D eigenvalue weighted by Gasteiger charge is 1.97. The van der Waals surface area contributed by atoms with Crippen LogP contribution >= 0.6 is 0 Å². The Morgan fingerprint density at radius 2 is 2.33 bits per heavy atom. The second kappa shape index (κ2) is 4.27. The van der Waals surface area contributed by atoms with E-state index in [0.717, 1.165) is 0 Å². The van der Waals surface area contributed by atoms with Gasteiger partial charge in [0.25, 0.3) is 5.56 Å². The number of rotatable bonds is 4. The lowest BCUT2D eigenvalue weighted by Crippen LogP contribution is -2.35. The first-order valence-corrected chi connectivity index (χ1v) is 3.99. The summed E-state index contributed by atoms with van der Waals surface area (Å²) in [6.45, 7) is 4.79. The molecule has 0 saturated heterocycles. The number of hydrogen-bond acceptors (Lipinski definition) is 6.